The number of sulfonamides is 1. The van der Waals surface area contributed by atoms with Crippen LogP contribution in [-0.4, -0.2) is 31.8 Å². The van der Waals surface area contributed by atoms with E-state index >= 15 is 0 Å². The third-order valence-electron chi connectivity index (χ3n) is 5.40. The molecular weight excluding hydrogens is 524 g/mol. The summed E-state index contributed by atoms with van der Waals surface area (Å²) in [7, 11) is -4.67. The highest BCUT2D eigenvalue weighted by molar-refractivity contribution is 7.93. The third-order valence-corrected chi connectivity index (χ3v) is 7.36. The molecule has 0 atom stereocenters. The molecule has 4 rings (SSSR count). The van der Waals surface area contributed by atoms with Crippen molar-refractivity contribution in [2.24, 2.45) is 0 Å². The van der Waals surface area contributed by atoms with E-state index in [4.69, 9.17) is 20.8 Å². The van der Waals surface area contributed by atoms with Crippen LogP contribution in [0.4, 0.5) is 11.4 Å². The molecule has 190 valence electrons. The van der Waals surface area contributed by atoms with Crippen molar-refractivity contribution in [3.8, 4) is 0 Å². The number of carbonyl (C=O) groups is 2. The van der Waals surface area contributed by atoms with Crippen LogP contribution in [0.5, 0.6) is 0 Å². The zero-order valence-electron chi connectivity index (χ0n) is 19.5. The van der Waals surface area contributed by atoms with Gasteiger partial charge in [-0.2, -0.15) is 4.31 Å². The molecule has 1 heterocycles. The number of non-ortho nitro benzene ring substituents is 1. The minimum atomic E-state index is -4.67. The number of furan rings is 1. The minimum Gasteiger partial charge on any atom is -0.462 e. The Morgan fingerprint density at radius 1 is 1.08 bits per heavy atom. The van der Waals surface area contributed by atoms with Gasteiger partial charge in [-0.25, -0.2) is 13.2 Å². The van der Waals surface area contributed by atoms with Crippen molar-refractivity contribution in [2.75, 3.05) is 10.9 Å². The maximum atomic E-state index is 13.8. The number of aryl methyl sites for hydroxylation is 1. The van der Waals surface area contributed by atoms with Gasteiger partial charge in [0, 0.05) is 28.1 Å². The lowest BCUT2D eigenvalue weighted by atomic mass is 10.1. The summed E-state index contributed by atoms with van der Waals surface area (Å²) in [5.41, 5.74) is -0.232. The number of hydrogen-bond acceptors (Lipinski definition) is 8. The van der Waals surface area contributed by atoms with Gasteiger partial charge < -0.3 is 9.15 Å². The highest BCUT2D eigenvalue weighted by Gasteiger charge is 2.34. The van der Waals surface area contributed by atoms with Crippen LogP contribution in [0.25, 0.3) is 11.0 Å². The second-order valence-corrected chi connectivity index (χ2v) is 9.99. The largest absolute Gasteiger partial charge is 0.462 e. The molecule has 1 aromatic heterocycles. The first-order chi connectivity index (χ1) is 17.5. The van der Waals surface area contributed by atoms with E-state index in [-0.39, 0.29) is 40.2 Å². The maximum Gasteiger partial charge on any atom is 0.342 e. The monoisotopic (exact) mass is 542 g/mol. The van der Waals surface area contributed by atoms with E-state index in [0.29, 0.717) is 9.33 Å². The van der Waals surface area contributed by atoms with Gasteiger partial charge in [0.25, 0.3) is 21.6 Å². The first kappa shape index (κ1) is 25.9. The molecular formula is C25H19ClN2O8S. The summed E-state index contributed by atoms with van der Waals surface area (Å²) in [6.45, 7) is 3.30. The Kier molecular flexibility index (Phi) is 7.01. The van der Waals surface area contributed by atoms with Crippen LogP contribution >= 0.6 is 11.6 Å². The van der Waals surface area contributed by atoms with Crippen molar-refractivity contribution < 1.29 is 32.1 Å². The molecule has 4 aromatic rings. The van der Waals surface area contributed by atoms with E-state index in [2.05, 4.69) is 0 Å². The van der Waals surface area contributed by atoms with Crippen LogP contribution in [0.2, 0.25) is 5.02 Å². The Morgan fingerprint density at radius 2 is 1.78 bits per heavy atom. The molecule has 0 aliphatic carbocycles. The van der Waals surface area contributed by atoms with Crippen molar-refractivity contribution in [2.45, 2.75) is 18.7 Å². The quantitative estimate of drug-likeness (QED) is 0.169. The molecule has 0 spiro atoms. The molecule has 0 aliphatic rings. The number of benzene rings is 3. The van der Waals surface area contributed by atoms with Crippen LogP contribution in [0.15, 0.2) is 76.0 Å². The first-order valence-corrected chi connectivity index (χ1v) is 12.7. The summed E-state index contributed by atoms with van der Waals surface area (Å²) >= 11 is 5.93. The SMILES string of the molecule is CCOC(=O)c1c(C)oc2ccc(N(C(=O)c3ccc(Cl)cc3)S(=O)(=O)c3cccc([N+](=O)[O-])c3)cc12. The number of anilines is 1. The Labute approximate surface area is 216 Å². The Balaban J connectivity index is 1.95. The van der Waals surface area contributed by atoms with Crippen molar-refractivity contribution in [1.82, 2.24) is 0 Å². The average molecular weight is 543 g/mol. The normalized spacial score (nSPS) is 11.3. The highest BCUT2D eigenvalue weighted by atomic mass is 35.5. The van der Waals surface area contributed by atoms with Crippen LogP contribution in [0, 0.1) is 17.0 Å². The number of nitro groups is 1. The number of nitro benzene ring substituents is 1. The van der Waals surface area contributed by atoms with Crippen molar-refractivity contribution in [3.05, 3.63) is 98.8 Å². The zero-order chi connectivity index (χ0) is 26.9. The molecule has 0 bridgehead atoms. The van der Waals surface area contributed by atoms with E-state index in [1.165, 1.54) is 48.5 Å². The number of hydrogen-bond donors (Lipinski definition) is 0. The van der Waals surface area contributed by atoms with Crippen LogP contribution in [0.3, 0.4) is 0 Å². The standard InChI is InChI=1S/C25H19ClN2O8S/c1-3-35-25(30)23-15(2)36-22-12-11-18(14-21(22)23)27(24(29)16-7-9-17(26)10-8-16)37(33,34)20-6-4-5-19(13-20)28(31)32/h4-14H,3H2,1-2H3. The fourth-order valence-corrected chi connectivity index (χ4v) is 5.30. The second kappa shape index (κ2) is 10.0. The van der Waals surface area contributed by atoms with E-state index in [9.17, 15) is 28.1 Å². The fraction of sp³-hybridized carbons (Fsp3) is 0.120. The van der Waals surface area contributed by atoms with Gasteiger partial charge in [0.15, 0.2) is 0 Å². The topological polar surface area (TPSA) is 137 Å². The van der Waals surface area contributed by atoms with Gasteiger partial charge in [0.2, 0.25) is 0 Å². The summed E-state index contributed by atoms with van der Waals surface area (Å²) in [5, 5.41) is 11.8. The summed E-state index contributed by atoms with van der Waals surface area (Å²) in [6.07, 6.45) is 0. The van der Waals surface area contributed by atoms with Crippen molar-refractivity contribution in [3.63, 3.8) is 0 Å². The van der Waals surface area contributed by atoms with E-state index in [1.807, 2.05) is 0 Å². The molecule has 0 saturated carbocycles. The van der Waals surface area contributed by atoms with Crippen molar-refractivity contribution >= 4 is 55.8 Å². The molecule has 0 radical (unpaired) electrons. The highest BCUT2D eigenvalue weighted by Crippen LogP contribution is 2.34. The molecule has 0 N–H and O–H groups in total. The van der Waals surface area contributed by atoms with Gasteiger partial charge in [-0.05, 0) is 62.4 Å². The summed E-state index contributed by atoms with van der Waals surface area (Å²) in [4.78, 5) is 36.2. The average Bonchev–Trinajstić information content (AvgIpc) is 3.19. The number of fused-ring (bicyclic) bond motifs is 1. The molecule has 10 nitrogen and oxygen atoms in total. The number of ether oxygens (including phenoxy) is 1. The number of esters is 1. The van der Waals surface area contributed by atoms with Crippen LogP contribution in [0.1, 0.15) is 33.4 Å². The number of halogens is 1. The third kappa shape index (κ3) is 4.91. The molecule has 0 aliphatic heterocycles. The predicted octanol–water partition coefficient (Wildman–Crippen LogP) is 5.52. The fourth-order valence-electron chi connectivity index (χ4n) is 3.73. The lowest BCUT2D eigenvalue weighted by Gasteiger charge is -2.23. The first-order valence-electron chi connectivity index (χ1n) is 10.8. The van der Waals surface area contributed by atoms with Gasteiger partial charge in [-0.3, -0.25) is 14.9 Å². The number of carbonyl (C=O) groups excluding carboxylic acids is 2. The van der Waals surface area contributed by atoms with E-state index < -0.39 is 37.4 Å². The van der Waals surface area contributed by atoms with Gasteiger partial charge in [-0.1, -0.05) is 17.7 Å². The molecule has 12 heteroatoms. The van der Waals surface area contributed by atoms with Gasteiger partial charge >= 0.3 is 5.97 Å². The molecule has 3 aromatic carbocycles. The summed E-state index contributed by atoms with van der Waals surface area (Å²) in [5.74, 6) is -1.36. The smallest absolute Gasteiger partial charge is 0.342 e. The summed E-state index contributed by atoms with van der Waals surface area (Å²) in [6, 6.07) is 14.0. The zero-order valence-corrected chi connectivity index (χ0v) is 21.1. The molecule has 0 fully saturated rings. The molecule has 0 saturated heterocycles. The van der Waals surface area contributed by atoms with E-state index in [0.717, 1.165) is 18.2 Å². The molecule has 0 unspecified atom stereocenters. The van der Waals surface area contributed by atoms with Gasteiger partial charge in [0.1, 0.15) is 16.9 Å². The van der Waals surface area contributed by atoms with Crippen molar-refractivity contribution in [1.29, 1.82) is 0 Å². The minimum absolute atomic E-state index is 0.00695. The lowest BCUT2D eigenvalue weighted by molar-refractivity contribution is -0.385. The van der Waals surface area contributed by atoms with Gasteiger partial charge in [-0.15, -0.1) is 0 Å². The lowest BCUT2D eigenvalue weighted by Crippen LogP contribution is -2.37. The summed E-state index contributed by atoms with van der Waals surface area (Å²) < 4.78 is 38.8. The Hall–Kier alpha value is -4.22. The number of amides is 1. The van der Waals surface area contributed by atoms with Gasteiger partial charge in [0.05, 0.1) is 22.1 Å². The molecule has 1 amide bonds. The number of rotatable bonds is 7. The predicted molar refractivity (Wildman–Crippen MR) is 135 cm³/mol. The van der Waals surface area contributed by atoms with E-state index in [1.54, 1.807) is 13.8 Å². The van der Waals surface area contributed by atoms with Crippen LogP contribution < -0.4 is 4.31 Å². The van der Waals surface area contributed by atoms with Crippen LogP contribution in [-0.2, 0) is 14.8 Å². The Morgan fingerprint density at radius 3 is 2.43 bits per heavy atom. The Bertz CT molecular complexity index is 1650. The second-order valence-electron chi connectivity index (χ2n) is 7.77. The molecule has 37 heavy (non-hydrogen) atoms. The number of nitrogens with zero attached hydrogens (tertiary/aromatic N) is 2. The maximum absolute atomic E-state index is 13.8.